The number of oxazole rings is 1. The largest absolute Gasteiger partial charge is 0.420 e. The Labute approximate surface area is 151 Å². The first-order valence-electron chi connectivity index (χ1n) is 8.49. The van der Waals surface area contributed by atoms with E-state index in [1.807, 2.05) is 0 Å². The van der Waals surface area contributed by atoms with Crippen molar-refractivity contribution in [3.8, 4) is 0 Å². The van der Waals surface area contributed by atoms with Crippen molar-refractivity contribution >= 4 is 17.0 Å². The van der Waals surface area contributed by atoms with Gasteiger partial charge in [0.25, 0.3) is 5.91 Å². The van der Waals surface area contributed by atoms with Gasteiger partial charge >= 0.3 is 5.76 Å². The maximum atomic E-state index is 13.8. The molecule has 2 aromatic carbocycles. The summed E-state index contributed by atoms with van der Waals surface area (Å²) in [7, 11) is 0. The standard InChI is InChI=1S/C19H15F3N2O3/c20-11-1-3-14(15(22)9-11)18(25)23-7-5-13(6-8-23)24-16-10-12(21)2-4-17(16)27-19(24)26/h1-4,9-10,13H,5-8H2. The van der Waals surface area contributed by atoms with Gasteiger partial charge in [0.05, 0.1) is 11.1 Å². The van der Waals surface area contributed by atoms with E-state index in [0.29, 0.717) is 30.0 Å². The van der Waals surface area contributed by atoms with E-state index in [9.17, 15) is 22.8 Å². The number of carbonyl (C=O) groups excluding carboxylic acids is 1. The molecule has 0 atom stereocenters. The Morgan fingerprint density at radius 3 is 2.37 bits per heavy atom. The van der Waals surface area contributed by atoms with Crippen molar-refractivity contribution in [2.75, 3.05) is 13.1 Å². The Kier molecular flexibility index (Phi) is 4.25. The highest BCUT2D eigenvalue weighted by Gasteiger charge is 2.28. The molecular formula is C19H15F3N2O3. The third kappa shape index (κ3) is 3.11. The van der Waals surface area contributed by atoms with Gasteiger partial charge in [-0.1, -0.05) is 0 Å². The minimum Gasteiger partial charge on any atom is -0.408 e. The molecule has 1 amide bonds. The minimum absolute atomic E-state index is 0.192. The summed E-state index contributed by atoms with van der Waals surface area (Å²) in [6.45, 7) is 0.573. The molecule has 1 saturated heterocycles. The SMILES string of the molecule is O=C(c1ccc(F)cc1F)N1CCC(n2c(=O)oc3ccc(F)cc32)CC1. The number of rotatable bonds is 2. The number of aromatic nitrogens is 1. The van der Waals surface area contributed by atoms with E-state index in [1.165, 1.54) is 27.7 Å². The Bertz CT molecular complexity index is 1080. The van der Waals surface area contributed by atoms with Gasteiger partial charge in [-0.15, -0.1) is 0 Å². The van der Waals surface area contributed by atoms with E-state index >= 15 is 0 Å². The number of benzene rings is 2. The normalized spacial score (nSPS) is 15.4. The molecule has 0 aliphatic carbocycles. The molecule has 140 valence electrons. The van der Waals surface area contributed by atoms with E-state index in [2.05, 4.69) is 0 Å². The third-order valence-corrected chi connectivity index (χ3v) is 4.85. The summed E-state index contributed by atoms with van der Waals surface area (Å²) < 4.78 is 47.0. The van der Waals surface area contributed by atoms with Crippen LogP contribution < -0.4 is 5.76 Å². The van der Waals surface area contributed by atoms with Crippen molar-refractivity contribution in [2.45, 2.75) is 18.9 Å². The van der Waals surface area contributed by atoms with Crippen LogP contribution in [0.2, 0.25) is 0 Å². The van der Waals surface area contributed by atoms with Crippen LogP contribution in [0, 0.1) is 17.5 Å². The van der Waals surface area contributed by atoms with Crippen molar-refractivity contribution in [3.05, 3.63) is 70.0 Å². The second-order valence-corrected chi connectivity index (χ2v) is 6.50. The van der Waals surface area contributed by atoms with E-state index in [4.69, 9.17) is 4.42 Å². The molecule has 0 radical (unpaired) electrons. The lowest BCUT2D eigenvalue weighted by Crippen LogP contribution is -2.40. The molecule has 4 rings (SSSR count). The van der Waals surface area contributed by atoms with E-state index in [1.54, 1.807) is 0 Å². The molecule has 8 heteroatoms. The van der Waals surface area contributed by atoms with Crippen LogP contribution in [0.15, 0.2) is 45.6 Å². The average Bonchev–Trinajstić information content (AvgIpc) is 2.96. The molecule has 0 saturated carbocycles. The van der Waals surface area contributed by atoms with Crippen LogP contribution >= 0.6 is 0 Å². The Morgan fingerprint density at radius 2 is 1.67 bits per heavy atom. The minimum atomic E-state index is -0.908. The van der Waals surface area contributed by atoms with E-state index in [0.717, 1.165) is 12.1 Å². The van der Waals surface area contributed by atoms with Crippen LogP contribution in [-0.4, -0.2) is 28.5 Å². The number of amides is 1. The fourth-order valence-electron chi connectivity index (χ4n) is 3.51. The van der Waals surface area contributed by atoms with Gasteiger partial charge in [-0.3, -0.25) is 9.36 Å². The number of fused-ring (bicyclic) bond motifs is 1. The maximum absolute atomic E-state index is 13.8. The lowest BCUT2D eigenvalue weighted by atomic mass is 10.0. The van der Waals surface area contributed by atoms with Crippen molar-refractivity contribution in [1.82, 2.24) is 9.47 Å². The van der Waals surface area contributed by atoms with E-state index in [-0.39, 0.29) is 24.7 Å². The van der Waals surface area contributed by atoms with Gasteiger partial charge in [-0.2, -0.15) is 0 Å². The van der Waals surface area contributed by atoms with Gasteiger partial charge in [-0.05, 0) is 37.1 Å². The summed E-state index contributed by atoms with van der Waals surface area (Å²) in [5.74, 6) is -3.24. The topological polar surface area (TPSA) is 55.5 Å². The third-order valence-electron chi connectivity index (χ3n) is 4.85. The summed E-state index contributed by atoms with van der Waals surface area (Å²) in [5.41, 5.74) is 0.477. The Balaban J connectivity index is 1.54. The van der Waals surface area contributed by atoms with Crippen molar-refractivity contribution in [3.63, 3.8) is 0 Å². The van der Waals surface area contributed by atoms with Gasteiger partial charge in [0.1, 0.15) is 17.5 Å². The molecule has 1 fully saturated rings. The summed E-state index contributed by atoms with van der Waals surface area (Å²) in [6, 6.07) is 6.43. The van der Waals surface area contributed by atoms with Gasteiger partial charge in [0.2, 0.25) is 0 Å². The predicted molar refractivity (Wildman–Crippen MR) is 91.0 cm³/mol. The number of carbonyl (C=O) groups is 1. The van der Waals surface area contributed by atoms with Crippen LogP contribution in [0.5, 0.6) is 0 Å². The first-order chi connectivity index (χ1) is 12.9. The molecule has 1 aliphatic heterocycles. The van der Waals surface area contributed by atoms with Crippen molar-refractivity contribution in [2.24, 2.45) is 0 Å². The van der Waals surface area contributed by atoms with Gasteiger partial charge in [-0.25, -0.2) is 18.0 Å². The molecule has 2 heterocycles. The molecule has 1 aliphatic rings. The number of halogens is 3. The van der Waals surface area contributed by atoms with Crippen LogP contribution in [0.1, 0.15) is 29.2 Å². The monoisotopic (exact) mass is 376 g/mol. The average molecular weight is 376 g/mol. The molecule has 27 heavy (non-hydrogen) atoms. The van der Waals surface area contributed by atoms with Crippen molar-refractivity contribution < 1.29 is 22.4 Å². The fraction of sp³-hybridized carbons (Fsp3) is 0.263. The number of nitrogens with zero attached hydrogens (tertiary/aromatic N) is 2. The first kappa shape index (κ1) is 17.4. The predicted octanol–water partition coefficient (Wildman–Crippen LogP) is 3.49. The molecule has 0 bridgehead atoms. The number of hydrogen-bond acceptors (Lipinski definition) is 3. The molecule has 0 unspecified atom stereocenters. The fourth-order valence-corrected chi connectivity index (χ4v) is 3.51. The second kappa shape index (κ2) is 6.61. The van der Waals surface area contributed by atoms with Gasteiger partial charge < -0.3 is 9.32 Å². The quantitative estimate of drug-likeness (QED) is 0.688. The molecular weight excluding hydrogens is 361 g/mol. The lowest BCUT2D eigenvalue weighted by Gasteiger charge is -2.32. The number of piperidine rings is 1. The van der Waals surface area contributed by atoms with Crippen LogP contribution in [-0.2, 0) is 0 Å². The highest BCUT2D eigenvalue weighted by Crippen LogP contribution is 2.27. The lowest BCUT2D eigenvalue weighted by molar-refractivity contribution is 0.0689. The maximum Gasteiger partial charge on any atom is 0.420 e. The van der Waals surface area contributed by atoms with Crippen LogP contribution in [0.3, 0.4) is 0 Å². The summed E-state index contributed by atoms with van der Waals surface area (Å²) in [4.78, 5) is 26.1. The van der Waals surface area contributed by atoms with E-state index < -0.39 is 29.1 Å². The van der Waals surface area contributed by atoms with Crippen molar-refractivity contribution in [1.29, 1.82) is 0 Å². The van der Waals surface area contributed by atoms with Gasteiger partial charge in [0, 0.05) is 31.3 Å². The highest BCUT2D eigenvalue weighted by atomic mass is 19.1. The Morgan fingerprint density at radius 1 is 1.00 bits per heavy atom. The molecule has 5 nitrogen and oxygen atoms in total. The van der Waals surface area contributed by atoms with Crippen LogP contribution in [0.4, 0.5) is 13.2 Å². The summed E-state index contributed by atoms with van der Waals surface area (Å²) >= 11 is 0. The summed E-state index contributed by atoms with van der Waals surface area (Å²) in [6.07, 6.45) is 0.860. The molecule has 0 spiro atoms. The molecule has 1 aromatic heterocycles. The highest BCUT2D eigenvalue weighted by molar-refractivity contribution is 5.94. The molecule has 3 aromatic rings. The number of likely N-dealkylation sites (tertiary alicyclic amines) is 1. The first-order valence-corrected chi connectivity index (χ1v) is 8.49. The molecule has 0 N–H and O–H groups in total. The van der Waals surface area contributed by atoms with Crippen LogP contribution in [0.25, 0.3) is 11.1 Å². The zero-order chi connectivity index (χ0) is 19.1. The second-order valence-electron chi connectivity index (χ2n) is 6.50. The van der Waals surface area contributed by atoms with Gasteiger partial charge in [0.15, 0.2) is 5.58 Å². The number of hydrogen-bond donors (Lipinski definition) is 0. The zero-order valence-electron chi connectivity index (χ0n) is 14.1. The summed E-state index contributed by atoms with van der Waals surface area (Å²) in [5, 5.41) is 0. The zero-order valence-corrected chi connectivity index (χ0v) is 14.1. The smallest absolute Gasteiger partial charge is 0.408 e. The Hall–Kier alpha value is -3.03.